The first-order chi connectivity index (χ1) is 14.6. The molecule has 1 saturated heterocycles. The molecular weight excluding hydrogens is 382 g/mol. The Kier molecular flexibility index (Phi) is 4.58. The second-order valence-corrected chi connectivity index (χ2v) is 7.76. The number of carbonyl (C=O) groups is 3. The fourth-order valence-corrected chi connectivity index (χ4v) is 4.28. The third kappa shape index (κ3) is 3.16. The number of benzene rings is 2. The minimum Gasteiger partial charge on any atom is -0.440 e. The molecule has 5 rings (SSSR count). The predicted octanol–water partition coefficient (Wildman–Crippen LogP) is 3.22. The number of piperidine rings is 1. The van der Waals surface area contributed by atoms with Crippen LogP contribution in [-0.2, 0) is 4.79 Å². The summed E-state index contributed by atoms with van der Waals surface area (Å²) in [5.74, 6) is -0.00591. The summed E-state index contributed by atoms with van der Waals surface area (Å²) in [7, 11) is 0. The molecule has 0 radical (unpaired) electrons. The molecule has 3 heterocycles. The first kappa shape index (κ1) is 18.5. The summed E-state index contributed by atoms with van der Waals surface area (Å²) in [6.07, 6.45) is 1.89. The fraction of sp³-hybridized carbons (Fsp3) is 0.304. The van der Waals surface area contributed by atoms with Crippen LogP contribution < -0.4 is 0 Å². The van der Waals surface area contributed by atoms with Crippen LogP contribution >= 0.6 is 0 Å². The van der Waals surface area contributed by atoms with Gasteiger partial charge in [0, 0.05) is 26.1 Å². The van der Waals surface area contributed by atoms with Crippen molar-refractivity contribution in [1.82, 2.24) is 14.8 Å². The van der Waals surface area contributed by atoms with E-state index < -0.39 is 0 Å². The number of likely N-dealkylation sites (tertiary alicyclic amines) is 1. The first-order valence-electron chi connectivity index (χ1n) is 10.2. The van der Waals surface area contributed by atoms with Crippen molar-refractivity contribution in [2.75, 3.05) is 19.6 Å². The molecule has 1 atom stereocenters. The first-order valence-corrected chi connectivity index (χ1v) is 10.2. The van der Waals surface area contributed by atoms with Crippen LogP contribution in [0, 0.1) is 0 Å². The van der Waals surface area contributed by atoms with Crippen LogP contribution in [0.2, 0.25) is 0 Å². The van der Waals surface area contributed by atoms with Gasteiger partial charge in [0.1, 0.15) is 5.52 Å². The van der Waals surface area contributed by atoms with Crippen LogP contribution in [0.3, 0.4) is 0 Å². The summed E-state index contributed by atoms with van der Waals surface area (Å²) in [5, 5.41) is 0. The molecule has 7 heteroatoms. The molecule has 30 heavy (non-hydrogen) atoms. The third-order valence-corrected chi connectivity index (χ3v) is 5.86. The van der Waals surface area contributed by atoms with Crippen LogP contribution in [0.4, 0.5) is 0 Å². The van der Waals surface area contributed by atoms with E-state index in [1.165, 1.54) is 4.90 Å². The summed E-state index contributed by atoms with van der Waals surface area (Å²) < 4.78 is 5.89. The number of hydrogen-bond acceptors (Lipinski definition) is 5. The second-order valence-electron chi connectivity index (χ2n) is 7.76. The number of amides is 3. The van der Waals surface area contributed by atoms with Gasteiger partial charge >= 0.3 is 0 Å². The van der Waals surface area contributed by atoms with Crippen LogP contribution in [0.5, 0.6) is 0 Å². The number of imide groups is 1. The zero-order chi connectivity index (χ0) is 20.7. The monoisotopic (exact) mass is 403 g/mol. The molecule has 152 valence electrons. The van der Waals surface area contributed by atoms with E-state index in [1.807, 2.05) is 24.3 Å². The number of rotatable bonds is 4. The van der Waals surface area contributed by atoms with Crippen molar-refractivity contribution in [3.8, 4) is 0 Å². The molecule has 1 fully saturated rings. The maximum Gasteiger partial charge on any atom is 0.261 e. The normalized spacial score (nSPS) is 18.9. The van der Waals surface area contributed by atoms with Crippen LogP contribution in [-0.4, -0.2) is 52.1 Å². The summed E-state index contributed by atoms with van der Waals surface area (Å²) in [5.41, 5.74) is 2.39. The van der Waals surface area contributed by atoms with Crippen molar-refractivity contribution >= 4 is 28.8 Å². The quantitative estimate of drug-likeness (QED) is 0.625. The third-order valence-electron chi connectivity index (χ3n) is 5.86. The van der Waals surface area contributed by atoms with Gasteiger partial charge in [0.2, 0.25) is 5.91 Å². The Morgan fingerprint density at radius 3 is 2.47 bits per heavy atom. The highest BCUT2D eigenvalue weighted by atomic mass is 16.3. The molecule has 0 N–H and O–H groups in total. The molecule has 1 unspecified atom stereocenters. The fourth-order valence-electron chi connectivity index (χ4n) is 4.28. The van der Waals surface area contributed by atoms with E-state index in [0.717, 1.165) is 23.9 Å². The van der Waals surface area contributed by atoms with E-state index in [0.29, 0.717) is 30.1 Å². The summed E-state index contributed by atoms with van der Waals surface area (Å²) >= 11 is 0. The SMILES string of the molecule is O=C(CCN1C(=O)c2ccccc2C1=O)N1CCCC(c2nc3ccccc3o2)C1. The van der Waals surface area contributed by atoms with E-state index in [1.54, 1.807) is 29.2 Å². The topological polar surface area (TPSA) is 83.7 Å². The number of para-hydroxylation sites is 2. The zero-order valence-electron chi connectivity index (χ0n) is 16.4. The van der Waals surface area contributed by atoms with Gasteiger partial charge in [0.25, 0.3) is 11.8 Å². The lowest BCUT2D eigenvalue weighted by Gasteiger charge is -2.31. The lowest BCUT2D eigenvalue weighted by atomic mass is 9.97. The van der Waals surface area contributed by atoms with Gasteiger partial charge in [-0.3, -0.25) is 19.3 Å². The smallest absolute Gasteiger partial charge is 0.261 e. The zero-order valence-corrected chi connectivity index (χ0v) is 16.4. The molecule has 3 aromatic rings. The van der Waals surface area contributed by atoms with E-state index in [-0.39, 0.29) is 36.6 Å². The number of nitrogens with zero attached hydrogens (tertiary/aromatic N) is 3. The molecule has 2 aliphatic heterocycles. The number of hydrogen-bond donors (Lipinski definition) is 0. The molecule has 2 aromatic carbocycles. The molecule has 0 spiro atoms. The van der Waals surface area contributed by atoms with Crippen LogP contribution in [0.1, 0.15) is 51.8 Å². The highest BCUT2D eigenvalue weighted by Gasteiger charge is 2.36. The molecule has 0 saturated carbocycles. The van der Waals surface area contributed by atoms with Gasteiger partial charge < -0.3 is 9.32 Å². The van der Waals surface area contributed by atoms with E-state index in [9.17, 15) is 14.4 Å². The van der Waals surface area contributed by atoms with Gasteiger partial charge in [0.15, 0.2) is 11.5 Å². The Hall–Kier alpha value is -3.48. The Labute approximate surface area is 173 Å². The molecular formula is C23H21N3O4. The highest BCUT2D eigenvalue weighted by molar-refractivity contribution is 6.21. The van der Waals surface area contributed by atoms with Gasteiger partial charge in [0.05, 0.1) is 17.0 Å². The average Bonchev–Trinajstić information content (AvgIpc) is 3.32. The van der Waals surface area contributed by atoms with Crippen LogP contribution in [0.15, 0.2) is 52.9 Å². The maximum absolute atomic E-state index is 12.8. The lowest BCUT2D eigenvalue weighted by molar-refractivity contribution is -0.132. The Morgan fingerprint density at radius 2 is 1.73 bits per heavy atom. The van der Waals surface area contributed by atoms with Crippen molar-refractivity contribution in [1.29, 1.82) is 0 Å². The van der Waals surface area contributed by atoms with Gasteiger partial charge in [-0.15, -0.1) is 0 Å². The number of oxazole rings is 1. The summed E-state index contributed by atoms with van der Waals surface area (Å²) in [6.45, 7) is 1.29. The van der Waals surface area contributed by atoms with Gasteiger partial charge in [-0.05, 0) is 37.1 Å². The van der Waals surface area contributed by atoms with Crippen molar-refractivity contribution < 1.29 is 18.8 Å². The van der Waals surface area contributed by atoms with E-state index in [2.05, 4.69) is 4.98 Å². The minimum atomic E-state index is -0.327. The molecule has 2 aliphatic rings. The standard InChI is InChI=1S/C23H21N3O4/c27-20(11-13-26-22(28)16-7-1-2-8-17(16)23(26)29)25-12-5-6-15(14-25)21-24-18-9-3-4-10-19(18)30-21/h1-4,7-10,15H,5-6,11-14H2. The van der Waals surface area contributed by atoms with E-state index >= 15 is 0 Å². The Balaban J connectivity index is 1.23. The van der Waals surface area contributed by atoms with Crippen molar-refractivity contribution in [3.63, 3.8) is 0 Å². The second kappa shape index (κ2) is 7.40. The number of fused-ring (bicyclic) bond motifs is 2. The van der Waals surface area contributed by atoms with Gasteiger partial charge in [-0.25, -0.2) is 4.98 Å². The van der Waals surface area contributed by atoms with Gasteiger partial charge in [-0.1, -0.05) is 24.3 Å². The van der Waals surface area contributed by atoms with Crippen molar-refractivity contribution in [3.05, 3.63) is 65.5 Å². The average molecular weight is 403 g/mol. The lowest BCUT2D eigenvalue weighted by Crippen LogP contribution is -2.41. The summed E-state index contributed by atoms with van der Waals surface area (Å²) in [6, 6.07) is 14.4. The largest absolute Gasteiger partial charge is 0.440 e. The van der Waals surface area contributed by atoms with Gasteiger partial charge in [-0.2, -0.15) is 0 Å². The maximum atomic E-state index is 12.8. The molecule has 7 nitrogen and oxygen atoms in total. The van der Waals surface area contributed by atoms with Crippen molar-refractivity contribution in [2.45, 2.75) is 25.2 Å². The molecule has 0 aliphatic carbocycles. The predicted molar refractivity (Wildman–Crippen MR) is 109 cm³/mol. The molecule has 3 amide bonds. The van der Waals surface area contributed by atoms with E-state index in [4.69, 9.17) is 4.42 Å². The molecule has 0 bridgehead atoms. The minimum absolute atomic E-state index is 0.0504. The highest BCUT2D eigenvalue weighted by Crippen LogP contribution is 2.29. The summed E-state index contributed by atoms with van der Waals surface area (Å²) in [4.78, 5) is 45.3. The van der Waals surface area contributed by atoms with Crippen LogP contribution in [0.25, 0.3) is 11.1 Å². The number of aromatic nitrogens is 1. The van der Waals surface area contributed by atoms with Crippen molar-refractivity contribution in [2.24, 2.45) is 0 Å². The number of carbonyl (C=O) groups excluding carboxylic acids is 3. The Morgan fingerprint density at radius 1 is 1.03 bits per heavy atom. The molecule has 1 aromatic heterocycles. The Bertz CT molecular complexity index is 1080.